The van der Waals surface area contributed by atoms with Crippen molar-refractivity contribution in [2.24, 2.45) is 0 Å². The third-order valence-electron chi connectivity index (χ3n) is 4.11. The van der Waals surface area contributed by atoms with E-state index in [1.807, 2.05) is 24.3 Å². The molecule has 6 nitrogen and oxygen atoms in total. The van der Waals surface area contributed by atoms with E-state index in [-0.39, 0.29) is 12.5 Å². The van der Waals surface area contributed by atoms with Gasteiger partial charge in [0.15, 0.2) is 0 Å². The van der Waals surface area contributed by atoms with Crippen LogP contribution < -0.4 is 0 Å². The molecule has 26 heavy (non-hydrogen) atoms. The summed E-state index contributed by atoms with van der Waals surface area (Å²) in [5.41, 5.74) is 3.24. The molecule has 0 radical (unpaired) electrons. The van der Waals surface area contributed by atoms with Crippen LogP contribution in [0.2, 0.25) is 0 Å². The number of amides is 1. The monoisotopic (exact) mass is 413 g/mol. The Bertz CT molecular complexity index is 874. The van der Waals surface area contributed by atoms with Crippen LogP contribution in [0.5, 0.6) is 0 Å². The minimum Gasteiger partial charge on any atom is -0.340 e. The van der Waals surface area contributed by atoms with E-state index in [4.69, 9.17) is 0 Å². The van der Waals surface area contributed by atoms with E-state index in [1.165, 1.54) is 10.4 Å². The van der Waals surface area contributed by atoms with Gasteiger partial charge in [-0.15, -0.1) is 10.2 Å². The maximum absolute atomic E-state index is 12.4. The Morgan fingerprint density at radius 2 is 1.73 bits per heavy atom. The molecule has 1 heterocycles. The number of nitrogens with zero attached hydrogens (tertiary/aromatic N) is 5. The van der Waals surface area contributed by atoms with Gasteiger partial charge in [0, 0.05) is 23.6 Å². The number of tetrazole rings is 1. The van der Waals surface area contributed by atoms with Crippen molar-refractivity contribution in [2.75, 3.05) is 7.05 Å². The van der Waals surface area contributed by atoms with Gasteiger partial charge in [0.1, 0.15) is 6.54 Å². The van der Waals surface area contributed by atoms with Crippen molar-refractivity contribution in [3.8, 4) is 11.4 Å². The molecule has 0 N–H and O–H groups in total. The van der Waals surface area contributed by atoms with Crippen molar-refractivity contribution in [2.45, 2.75) is 26.4 Å². The van der Waals surface area contributed by atoms with Crippen LogP contribution in [0.1, 0.15) is 18.1 Å². The van der Waals surface area contributed by atoms with Gasteiger partial charge in [-0.05, 0) is 47.0 Å². The number of carbonyl (C=O) groups excluding carboxylic acids is 1. The van der Waals surface area contributed by atoms with Gasteiger partial charge >= 0.3 is 0 Å². The maximum Gasteiger partial charge on any atom is 0.246 e. The normalized spacial score (nSPS) is 10.7. The highest BCUT2D eigenvalue weighted by Gasteiger charge is 2.13. The number of halogens is 1. The van der Waals surface area contributed by atoms with E-state index in [2.05, 4.69) is 62.5 Å². The molecule has 0 bridgehead atoms. The molecular formula is C19H20BrN5O. The molecule has 134 valence electrons. The molecule has 1 aromatic heterocycles. The minimum atomic E-state index is -0.0654. The van der Waals surface area contributed by atoms with Gasteiger partial charge in [-0.1, -0.05) is 47.1 Å². The number of hydrogen-bond acceptors (Lipinski definition) is 4. The van der Waals surface area contributed by atoms with E-state index in [1.54, 1.807) is 11.9 Å². The van der Waals surface area contributed by atoms with E-state index in [0.29, 0.717) is 12.4 Å². The van der Waals surface area contributed by atoms with Crippen LogP contribution in [0.15, 0.2) is 53.0 Å². The molecule has 3 aromatic rings. The summed E-state index contributed by atoms with van der Waals surface area (Å²) in [4.78, 5) is 15.4. The van der Waals surface area contributed by atoms with Gasteiger partial charge in [-0.3, -0.25) is 4.79 Å². The van der Waals surface area contributed by atoms with Crippen molar-refractivity contribution >= 4 is 21.8 Å². The van der Waals surface area contributed by atoms with Crippen LogP contribution in [-0.4, -0.2) is 38.1 Å². The highest BCUT2D eigenvalue weighted by atomic mass is 79.9. The number of aromatic nitrogens is 4. The van der Waals surface area contributed by atoms with Gasteiger partial charge in [-0.2, -0.15) is 4.80 Å². The van der Waals surface area contributed by atoms with Crippen LogP contribution in [0.25, 0.3) is 11.4 Å². The van der Waals surface area contributed by atoms with Crippen molar-refractivity contribution < 1.29 is 4.79 Å². The molecule has 0 spiro atoms. The van der Waals surface area contributed by atoms with Crippen LogP contribution in [-0.2, 0) is 24.3 Å². The number of hydrogen-bond donors (Lipinski definition) is 0. The lowest BCUT2D eigenvalue weighted by atomic mass is 10.1. The minimum absolute atomic E-state index is 0.0626. The zero-order chi connectivity index (χ0) is 18.5. The predicted octanol–water partition coefficient (Wildman–Crippen LogP) is 3.32. The zero-order valence-corrected chi connectivity index (χ0v) is 16.3. The average Bonchev–Trinajstić information content (AvgIpc) is 3.11. The largest absolute Gasteiger partial charge is 0.340 e. The van der Waals surface area contributed by atoms with E-state index in [9.17, 15) is 4.79 Å². The Morgan fingerprint density at radius 3 is 2.38 bits per heavy atom. The molecule has 0 aliphatic heterocycles. The maximum atomic E-state index is 12.4. The molecule has 1 amide bonds. The molecule has 0 aliphatic carbocycles. The first-order chi connectivity index (χ1) is 12.5. The Hall–Kier alpha value is -2.54. The summed E-state index contributed by atoms with van der Waals surface area (Å²) >= 11 is 3.40. The lowest BCUT2D eigenvalue weighted by Gasteiger charge is -2.17. The number of benzene rings is 2. The Kier molecular flexibility index (Phi) is 5.78. The van der Waals surface area contributed by atoms with Gasteiger partial charge in [-0.25, -0.2) is 0 Å². The summed E-state index contributed by atoms with van der Waals surface area (Å²) in [6.07, 6.45) is 1.01. The first-order valence-electron chi connectivity index (χ1n) is 8.40. The van der Waals surface area contributed by atoms with Crippen molar-refractivity contribution in [1.29, 1.82) is 0 Å². The molecule has 2 aromatic carbocycles. The SMILES string of the molecule is CCc1ccc(CN(C)C(=O)Cn2nnc(-c3ccc(Br)cc3)n2)cc1. The van der Waals surface area contributed by atoms with Crippen molar-refractivity contribution in [3.05, 3.63) is 64.1 Å². The first-order valence-corrected chi connectivity index (χ1v) is 9.20. The summed E-state index contributed by atoms with van der Waals surface area (Å²) in [6.45, 7) is 2.74. The average molecular weight is 414 g/mol. The topological polar surface area (TPSA) is 63.9 Å². The highest BCUT2D eigenvalue weighted by molar-refractivity contribution is 9.10. The van der Waals surface area contributed by atoms with Crippen LogP contribution in [0.3, 0.4) is 0 Å². The van der Waals surface area contributed by atoms with Crippen LogP contribution >= 0.6 is 15.9 Å². The van der Waals surface area contributed by atoms with Gasteiger partial charge in [0.25, 0.3) is 0 Å². The smallest absolute Gasteiger partial charge is 0.246 e. The third-order valence-corrected chi connectivity index (χ3v) is 4.64. The zero-order valence-electron chi connectivity index (χ0n) is 14.8. The van der Waals surface area contributed by atoms with E-state index < -0.39 is 0 Å². The summed E-state index contributed by atoms with van der Waals surface area (Å²) < 4.78 is 0.984. The second kappa shape index (κ2) is 8.23. The number of rotatable bonds is 6. The Balaban J connectivity index is 1.61. The quantitative estimate of drug-likeness (QED) is 0.621. The predicted molar refractivity (Wildman–Crippen MR) is 103 cm³/mol. The van der Waals surface area contributed by atoms with Crippen LogP contribution in [0, 0.1) is 0 Å². The molecule has 0 atom stereocenters. The molecule has 7 heteroatoms. The standard InChI is InChI=1S/C19H20BrN5O/c1-3-14-4-6-15(7-5-14)12-24(2)18(26)13-25-22-19(21-23-25)16-8-10-17(20)11-9-16/h4-11H,3,12-13H2,1-2H3. The summed E-state index contributed by atoms with van der Waals surface area (Å²) in [5, 5.41) is 12.3. The Morgan fingerprint density at radius 1 is 1.08 bits per heavy atom. The summed E-state index contributed by atoms with van der Waals surface area (Å²) in [5.74, 6) is 0.437. The van der Waals surface area contributed by atoms with E-state index in [0.717, 1.165) is 22.0 Å². The molecule has 0 aliphatic rings. The second-order valence-corrected chi connectivity index (χ2v) is 6.99. The fraction of sp³-hybridized carbons (Fsp3) is 0.263. The third kappa shape index (κ3) is 4.54. The first kappa shape index (κ1) is 18.3. The summed E-state index contributed by atoms with van der Waals surface area (Å²) in [6, 6.07) is 15.9. The molecular weight excluding hydrogens is 394 g/mol. The molecule has 0 unspecified atom stereocenters. The van der Waals surface area contributed by atoms with Crippen molar-refractivity contribution in [1.82, 2.24) is 25.1 Å². The molecule has 0 saturated heterocycles. The van der Waals surface area contributed by atoms with Crippen molar-refractivity contribution in [3.63, 3.8) is 0 Å². The number of aryl methyl sites for hydroxylation is 1. The van der Waals surface area contributed by atoms with Gasteiger partial charge < -0.3 is 4.90 Å². The fourth-order valence-electron chi connectivity index (χ4n) is 2.51. The van der Waals surface area contributed by atoms with E-state index >= 15 is 0 Å². The summed E-state index contributed by atoms with van der Waals surface area (Å²) in [7, 11) is 1.78. The number of likely N-dealkylation sites (N-methyl/N-ethyl adjacent to an activating group) is 1. The molecule has 0 saturated carbocycles. The lowest BCUT2D eigenvalue weighted by molar-refractivity contribution is -0.131. The molecule has 0 fully saturated rings. The highest BCUT2D eigenvalue weighted by Crippen LogP contribution is 2.17. The van der Waals surface area contributed by atoms with Crippen LogP contribution in [0.4, 0.5) is 0 Å². The fourth-order valence-corrected chi connectivity index (χ4v) is 2.77. The lowest BCUT2D eigenvalue weighted by Crippen LogP contribution is -2.30. The number of carbonyl (C=O) groups is 1. The second-order valence-electron chi connectivity index (χ2n) is 6.07. The van der Waals surface area contributed by atoms with Gasteiger partial charge in [0.05, 0.1) is 0 Å². The van der Waals surface area contributed by atoms with Gasteiger partial charge in [0.2, 0.25) is 11.7 Å². The molecule has 3 rings (SSSR count). The Labute approximate surface area is 161 Å².